The Balaban J connectivity index is 0.000000373. The summed E-state index contributed by atoms with van der Waals surface area (Å²) in [5, 5.41) is 9.68. The minimum Gasteiger partial charge on any atom is -0.393 e. The molecule has 0 aliphatic rings. The minimum absolute atomic E-state index is 0. The zero-order valence-electron chi connectivity index (χ0n) is 17.9. The van der Waals surface area contributed by atoms with Gasteiger partial charge in [0.1, 0.15) is 5.78 Å². The Bertz CT molecular complexity index is 1140. The van der Waals surface area contributed by atoms with Gasteiger partial charge in [0.05, 0.1) is 11.6 Å². The van der Waals surface area contributed by atoms with E-state index < -0.39 is 6.10 Å². The van der Waals surface area contributed by atoms with E-state index in [0.717, 1.165) is 16.8 Å². The van der Waals surface area contributed by atoms with Gasteiger partial charge in [0, 0.05) is 31.9 Å². The molecular formula is C27H26IrNO2-. The van der Waals surface area contributed by atoms with Crippen molar-refractivity contribution in [2.24, 2.45) is 0 Å². The second-order valence-corrected chi connectivity index (χ2v) is 7.42. The number of hydrogen-bond acceptors (Lipinski definition) is 3. The summed E-state index contributed by atoms with van der Waals surface area (Å²) in [6.45, 7) is 5.17. The molecule has 3 nitrogen and oxygen atoms in total. The van der Waals surface area contributed by atoms with E-state index in [9.17, 15) is 4.79 Å². The van der Waals surface area contributed by atoms with Crippen molar-refractivity contribution in [2.75, 3.05) is 0 Å². The molecule has 0 bridgehead atoms. The van der Waals surface area contributed by atoms with Crippen molar-refractivity contribution in [3.63, 3.8) is 0 Å². The van der Waals surface area contributed by atoms with E-state index in [1.165, 1.54) is 29.0 Å². The largest absolute Gasteiger partial charge is 0.393 e. The molecule has 1 aromatic heterocycles. The molecule has 1 unspecified atom stereocenters. The van der Waals surface area contributed by atoms with Gasteiger partial charge in [0.15, 0.2) is 0 Å². The van der Waals surface area contributed by atoms with Crippen molar-refractivity contribution in [2.45, 2.75) is 33.3 Å². The molecule has 3 aromatic carbocycles. The number of para-hydroxylation sites is 1. The Morgan fingerprint density at radius 3 is 2.32 bits per heavy atom. The number of ketones is 1. The number of aliphatic hydroxyl groups is 1. The average Bonchev–Trinajstić information content (AvgIpc) is 2.73. The molecule has 0 aliphatic carbocycles. The number of aryl methyl sites for hydroxylation is 1. The van der Waals surface area contributed by atoms with Gasteiger partial charge in [0.2, 0.25) is 0 Å². The zero-order valence-corrected chi connectivity index (χ0v) is 20.3. The first-order valence-electron chi connectivity index (χ1n) is 10.1. The van der Waals surface area contributed by atoms with Crippen LogP contribution in [0.3, 0.4) is 0 Å². The van der Waals surface area contributed by atoms with Gasteiger partial charge in [-0.2, -0.15) is 0 Å². The molecule has 0 fully saturated rings. The van der Waals surface area contributed by atoms with Crippen LogP contribution in [-0.2, 0) is 24.9 Å². The van der Waals surface area contributed by atoms with Gasteiger partial charge >= 0.3 is 0 Å². The summed E-state index contributed by atoms with van der Waals surface area (Å²) in [4.78, 5) is 15.0. The quantitative estimate of drug-likeness (QED) is 0.297. The summed E-state index contributed by atoms with van der Waals surface area (Å²) in [5.41, 5.74) is 6.66. The molecule has 161 valence electrons. The van der Waals surface area contributed by atoms with E-state index in [0.29, 0.717) is 0 Å². The maximum absolute atomic E-state index is 10.1. The molecule has 0 spiro atoms. The molecule has 1 N–H and O–H groups in total. The molecule has 31 heavy (non-hydrogen) atoms. The Morgan fingerprint density at radius 2 is 1.71 bits per heavy atom. The van der Waals surface area contributed by atoms with Gasteiger partial charge in [-0.3, -0.25) is 9.78 Å². The standard InChI is InChI=1S/C22H16N.C5H10O2.Ir/c1-16-9-5-6-12-18(16)22-15-20(17-10-3-2-4-11-17)19-13-7-8-14-21(19)23-22;1-4(6)3-5(2)7;/h2-11,13-15H,1H3;4,6H,3H2,1-2H3;/q-1;;. The topological polar surface area (TPSA) is 50.2 Å². The van der Waals surface area contributed by atoms with Crippen molar-refractivity contribution in [3.05, 3.63) is 90.5 Å². The number of Topliss-reactive ketones (excluding diaryl/α,β-unsaturated/α-hetero) is 1. The van der Waals surface area contributed by atoms with Crippen LogP contribution in [0.2, 0.25) is 0 Å². The van der Waals surface area contributed by atoms with E-state index >= 15 is 0 Å². The second kappa shape index (κ2) is 11.7. The fraction of sp³-hybridized carbons (Fsp3) is 0.185. The van der Waals surface area contributed by atoms with Crippen LogP contribution in [-0.4, -0.2) is 22.0 Å². The average molecular weight is 589 g/mol. The van der Waals surface area contributed by atoms with E-state index in [2.05, 4.69) is 67.6 Å². The van der Waals surface area contributed by atoms with E-state index in [1.807, 2.05) is 24.3 Å². The van der Waals surface area contributed by atoms with Crippen LogP contribution in [0.5, 0.6) is 0 Å². The molecule has 1 radical (unpaired) electrons. The molecule has 0 aliphatic heterocycles. The van der Waals surface area contributed by atoms with Crippen molar-refractivity contribution in [3.8, 4) is 22.4 Å². The second-order valence-electron chi connectivity index (χ2n) is 7.42. The van der Waals surface area contributed by atoms with Crippen molar-refractivity contribution >= 4 is 16.7 Å². The SMILES string of the molecule is CC(=O)CC(C)O.Cc1ccc[c-]c1-c1cc(-c2ccccc2)c2ccccc2n1.[Ir]. The first-order valence-corrected chi connectivity index (χ1v) is 10.1. The molecular weight excluding hydrogens is 563 g/mol. The monoisotopic (exact) mass is 589 g/mol. The number of aliphatic hydroxyl groups excluding tert-OH is 1. The van der Waals surface area contributed by atoms with Crippen LogP contribution < -0.4 is 0 Å². The van der Waals surface area contributed by atoms with Crippen LogP contribution >= 0.6 is 0 Å². The van der Waals surface area contributed by atoms with Crippen LogP contribution in [0.15, 0.2) is 78.9 Å². The predicted octanol–water partition coefficient (Wildman–Crippen LogP) is 6.02. The Kier molecular flexibility index (Phi) is 9.26. The number of rotatable bonds is 4. The molecule has 0 saturated heterocycles. The van der Waals surface area contributed by atoms with Gasteiger partial charge in [0.25, 0.3) is 0 Å². The number of aromatic nitrogens is 1. The van der Waals surface area contributed by atoms with Crippen molar-refractivity contribution in [1.82, 2.24) is 4.98 Å². The molecule has 4 aromatic rings. The third kappa shape index (κ3) is 6.67. The fourth-order valence-corrected chi connectivity index (χ4v) is 3.37. The van der Waals surface area contributed by atoms with Gasteiger partial charge in [-0.15, -0.1) is 35.4 Å². The predicted molar refractivity (Wildman–Crippen MR) is 123 cm³/mol. The van der Waals surface area contributed by atoms with E-state index in [4.69, 9.17) is 10.1 Å². The summed E-state index contributed by atoms with van der Waals surface area (Å²) in [7, 11) is 0. The van der Waals surface area contributed by atoms with Gasteiger partial charge in [-0.05, 0) is 36.7 Å². The van der Waals surface area contributed by atoms with Crippen LogP contribution in [0.1, 0.15) is 25.8 Å². The molecule has 4 heteroatoms. The Morgan fingerprint density at radius 1 is 1.03 bits per heavy atom. The van der Waals surface area contributed by atoms with Crippen molar-refractivity contribution in [1.29, 1.82) is 0 Å². The third-order valence-corrected chi connectivity index (χ3v) is 4.70. The number of benzene rings is 3. The van der Waals surface area contributed by atoms with Crippen LogP contribution in [0, 0.1) is 13.0 Å². The van der Waals surface area contributed by atoms with E-state index in [-0.39, 0.29) is 32.3 Å². The maximum atomic E-state index is 10.1. The summed E-state index contributed by atoms with van der Waals surface area (Å²) >= 11 is 0. The Hall–Kier alpha value is -2.65. The van der Waals surface area contributed by atoms with Crippen molar-refractivity contribution < 1.29 is 30.0 Å². The first kappa shape index (κ1) is 24.6. The fourth-order valence-electron chi connectivity index (χ4n) is 3.37. The maximum Gasteiger partial charge on any atom is 0.132 e. The van der Waals surface area contributed by atoms with Gasteiger partial charge in [-0.25, -0.2) is 0 Å². The van der Waals surface area contributed by atoms with Crippen LogP contribution in [0.4, 0.5) is 0 Å². The van der Waals surface area contributed by atoms with Crippen LogP contribution in [0.25, 0.3) is 33.3 Å². The summed E-state index contributed by atoms with van der Waals surface area (Å²) in [6, 6.07) is 30.4. The smallest absolute Gasteiger partial charge is 0.132 e. The number of carbonyl (C=O) groups excluding carboxylic acids is 1. The number of nitrogens with zero attached hydrogens (tertiary/aromatic N) is 1. The van der Waals surface area contributed by atoms with Gasteiger partial charge < -0.3 is 5.11 Å². The summed E-state index contributed by atoms with van der Waals surface area (Å²) < 4.78 is 0. The number of fused-ring (bicyclic) bond motifs is 1. The molecule has 4 rings (SSSR count). The van der Waals surface area contributed by atoms with E-state index in [1.54, 1.807) is 6.92 Å². The first-order chi connectivity index (χ1) is 14.5. The number of hydrogen-bond donors (Lipinski definition) is 1. The minimum atomic E-state index is -0.475. The Labute approximate surface area is 197 Å². The number of pyridine rings is 1. The number of carbonyl (C=O) groups is 1. The molecule has 1 atom stereocenters. The summed E-state index contributed by atoms with van der Waals surface area (Å²) in [5.74, 6) is 0.0370. The summed E-state index contributed by atoms with van der Waals surface area (Å²) in [6.07, 6.45) is -0.197. The third-order valence-electron chi connectivity index (χ3n) is 4.70. The van der Waals surface area contributed by atoms with Gasteiger partial charge in [-0.1, -0.05) is 61.5 Å². The molecule has 0 saturated carbocycles. The normalized spacial score (nSPS) is 11.1. The molecule has 1 heterocycles. The zero-order chi connectivity index (χ0) is 21.5. The molecule has 0 amide bonds.